The molecule has 2 heteroatoms. The second-order valence-corrected chi connectivity index (χ2v) is 10.8. The normalized spacial score (nSPS) is 11.5. The van der Waals surface area contributed by atoms with Crippen LogP contribution >= 0.6 is 7.26 Å². The Balaban J connectivity index is 2.12. The maximum Gasteiger partial charge on any atom is 0.114 e. The Bertz CT molecular complexity index is 1010. The van der Waals surface area contributed by atoms with E-state index in [0.29, 0.717) is 0 Å². The lowest BCUT2D eigenvalue weighted by Crippen LogP contribution is -2.31. The number of hydrogen-bond donors (Lipinski definition) is 0. The Labute approximate surface area is 162 Å². The topological polar surface area (TPSA) is 3.24 Å². The molecule has 0 bridgehead atoms. The predicted octanol–water partition coefficient (Wildman–Crippen LogP) is 4.83. The maximum atomic E-state index is 2.46. The molecule has 0 fully saturated rings. The molecule has 4 rings (SSSR count). The summed E-state index contributed by atoms with van der Waals surface area (Å²) in [6.07, 6.45) is 0. The van der Waals surface area contributed by atoms with Crippen LogP contribution in [0.5, 0.6) is 0 Å². The zero-order chi connectivity index (χ0) is 18.9. The second-order valence-electron chi connectivity index (χ2n) is 7.22. The van der Waals surface area contributed by atoms with Crippen LogP contribution in [0.2, 0.25) is 0 Å². The molecule has 0 radical (unpaired) electrons. The number of rotatable bonds is 4. The minimum Gasteiger partial charge on any atom is -0.377 e. The summed E-state index contributed by atoms with van der Waals surface area (Å²) >= 11 is 0. The van der Waals surface area contributed by atoms with Gasteiger partial charge in [0.25, 0.3) is 0 Å². The number of benzene rings is 4. The third-order valence-corrected chi connectivity index (χ3v) is 9.37. The van der Waals surface area contributed by atoms with Crippen molar-refractivity contribution in [1.82, 2.24) is 0 Å². The van der Waals surface area contributed by atoms with Crippen LogP contribution in [0.4, 0.5) is 5.69 Å². The Morgan fingerprint density at radius 1 is 0.593 bits per heavy atom. The summed E-state index contributed by atoms with van der Waals surface area (Å²) in [5.41, 5.74) is 1.28. The molecule has 0 amide bonds. The summed E-state index contributed by atoms with van der Waals surface area (Å²) in [6, 6.07) is 35.4. The van der Waals surface area contributed by atoms with Crippen molar-refractivity contribution in [2.45, 2.75) is 0 Å². The zero-order valence-corrected chi connectivity index (χ0v) is 17.0. The monoisotopic (exact) mass is 370 g/mol. The Hall–Kier alpha value is -2.63. The number of nitrogens with zero attached hydrogens (tertiary/aromatic N) is 1. The smallest absolute Gasteiger partial charge is 0.114 e. The van der Waals surface area contributed by atoms with Gasteiger partial charge in [-0.05, 0) is 41.8 Å². The van der Waals surface area contributed by atoms with E-state index >= 15 is 0 Å². The van der Waals surface area contributed by atoms with E-state index in [2.05, 4.69) is 123 Å². The third kappa shape index (κ3) is 3.03. The molecule has 4 aromatic rings. The van der Waals surface area contributed by atoms with Gasteiger partial charge in [-0.25, -0.2) is 0 Å². The highest BCUT2D eigenvalue weighted by atomic mass is 31.2. The maximum absolute atomic E-state index is 2.46. The van der Waals surface area contributed by atoms with Crippen LogP contribution < -0.4 is 20.8 Å². The number of fused-ring (bicyclic) bond motifs is 1. The van der Waals surface area contributed by atoms with E-state index in [1.807, 2.05) is 0 Å². The summed E-state index contributed by atoms with van der Waals surface area (Å²) in [6.45, 7) is 2.46. The van der Waals surface area contributed by atoms with Crippen molar-refractivity contribution in [3.8, 4) is 0 Å². The van der Waals surface area contributed by atoms with E-state index in [0.717, 1.165) is 0 Å². The Morgan fingerprint density at radius 3 is 1.63 bits per heavy atom. The SMILES string of the molecule is CN(C)c1cccc2cccc([P+](C)(c3ccccc3)c3ccccc3)c12. The molecule has 0 atom stereocenters. The highest BCUT2D eigenvalue weighted by Gasteiger charge is 2.41. The van der Waals surface area contributed by atoms with Gasteiger partial charge in [0.1, 0.15) is 23.2 Å². The molecule has 0 aliphatic carbocycles. The molecule has 27 heavy (non-hydrogen) atoms. The van der Waals surface area contributed by atoms with Crippen molar-refractivity contribution in [3.05, 3.63) is 97.1 Å². The summed E-state index contributed by atoms with van der Waals surface area (Å²) < 4.78 is 0. The minimum atomic E-state index is -1.77. The van der Waals surface area contributed by atoms with Crippen LogP contribution in [-0.2, 0) is 0 Å². The van der Waals surface area contributed by atoms with E-state index in [9.17, 15) is 0 Å². The average Bonchev–Trinajstić information content (AvgIpc) is 2.73. The number of anilines is 1. The highest BCUT2D eigenvalue weighted by molar-refractivity contribution is 7.95. The molecule has 0 heterocycles. The van der Waals surface area contributed by atoms with Crippen LogP contribution in [0, 0.1) is 0 Å². The van der Waals surface area contributed by atoms with Gasteiger partial charge in [-0.15, -0.1) is 0 Å². The fourth-order valence-electron chi connectivity index (χ4n) is 3.93. The molecule has 0 aromatic heterocycles. The van der Waals surface area contributed by atoms with Crippen molar-refractivity contribution < 1.29 is 0 Å². The molecule has 134 valence electrons. The summed E-state index contributed by atoms with van der Waals surface area (Å²) in [7, 11) is 2.50. The lowest BCUT2D eigenvalue weighted by Gasteiger charge is -2.26. The van der Waals surface area contributed by atoms with Crippen molar-refractivity contribution in [1.29, 1.82) is 0 Å². The Morgan fingerprint density at radius 2 is 1.11 bits per heavy atom. The van der Waals surface area contributed by atoms with Gasteiger partial charge in [-0.1, -0.05) is 60.7 Å². The van der Waals surface area contributed by atoms with Gasteiger partial charge >= 0.3 is 0 Å². The van der Waals surface area contributed by atoms with Gasteiger partial charge in [0.2, 0.25) is 0 Å². The quantitative estimate of drug-likeness (QED) is 0.465. The van der Waals surface area contributed by atoms with E-state index in [4.69, 9.17) is 0 Å². The van der Waals surface area contributed by atoms with Crippen LogP contribution in [-0.4, -0.2) is 20.8 Å². The largest absolute Gasteiger partial charge is 0.377 e. The fraction of sp³-hybridized carbons (Fsp3) is 0.120. The van der Waals surface area contributed by atoms with Gasteiger partial charge in [-0.3, -0.25) is 0 Å². The molecule has 0 N–H and O–H groups in total. The summed E-state index contributed by atoms with van der Waals surface area (Å²) in [4.78, 5) is 2.23. The van der Waals surface area contributed by atoms with Crippen LogP contribution in [0.3, 0.4) is 0 Å². The molecular weight excluding hydrogens is 345 g/mol. The van der Waals surface area contributed by atoms with E-state index in [-0.39, 0.29) is 0 Å². The second kappa shape index (κ2) is 7.18. The molecule has 0 aliphatic heterocycles. The molecule has 0 saturated heterocycles. The molecule has 0 spiro atoms. The van der Waals surface area contributed by atoms with Crippen LogP contribution in [0.25, 0.3) is 10.8 Å². The summed E-state index contributed by atoms with van der Waals surface area (Å²) in [5, 5.41) is 6.95. The molecular formula is C25H25NP+. The first-order valence-electron chi connectivity index (χ1n) is 9.30. The van der Waals surface area contributed by atoms with Crippen LogP contribution in [0.15, 0.2) is 97.1 Å². The molecule has 4 aromatic carbocycles. The van der Waals surface area contributed by atoms with Crippen molar-refractivity contribution in [2.75, 3.05) is 25.7 Å². The van der Waals surface area contributed by atoms with Gasteiger partial charge in [0, 0.05) is 25.2 Å². The summed E-state index contributed by atoms with van der Waals surface area (Å²) in [5.74, 6) is 0. The molecule has 0 unspecified atom stereocenters. The van der Waals surface area contributed by atoms with Crippen LogP contribution in [0.1, 0.15) is 0 Å². The standard InChI is InChI=1S/C25H25NP/c1-26(2)23-18-10-12-20-13-11-19-24(25(20)23)27(3,21-14-6-4-7-15-21)22-16-8-5-9-17-22/h4-19H,1-3H3/q+1. The van der Waals surface area contributed by atoms with Crippen molar-refractivity contribution in [2.24, 2.45) is 0 Å². The highest BCUT2D eigenvalue weighted by Crippen LogP contribution is 2.53. The first-order chi connectivity index (χ1) is 13.1. The predicted molar refractivity (Wildman–Crippen MR) is 123 cm³/mol. The first kappa shape index (κ1) is 17.8. The lowest BCUT2D eigenvalue weighted by atomic mass is 10.1. The Kier molecular flexibility index (Phi) is 4.72. The molecule has 1 nitrogen and oxygen atoms in total. The lowest BCUT2D eigenvalue weighted by molar-refractivity contribution is 1.14. The van der Waals surface area contributed by atoms with Gasteiger partial charge in [-0.2, -0.15) is 0 Å². The minimum absolute atomic E-state index is 1.28. The van der Waals surface area contributed by atoms with E-state index in [1.54, 1.807) is 0 Å². The first-order valence-corrected chi connectivity index (χ1v) is 11.5. The molecule has 0 aliphatic rings. The van der Waals surface area contributed by atoms with Crippen molar-refractivity contribution in [3.63, 3.8) is 0 Å². The van der Waals surface area contributed by atoms with Gasteiger partial charge in [0.05, 0.1) is 6.66 Å². The number of hydrogen-bond acceptors (Lipinski definition) is 1. The fourth-order valence-corrected chi connectivity index (χ4v) is 7.39. The van der Waals surface area contributed by atoms with Gasteiger partial charge < -0.3 is 4.90 Å². The van der Waals surface area contributed by atoms with Crippen molar-refractivity contribution >= 4 is 39.6 Å². The van der Waals surface area contributed by atoms with E-state index in [1.165, 1.54) is 32.4 Å². The van der Waals surface area contributed by atoms with Gasteiger partial charge in [0.15, 0.2) is 0 Å². The molecule has 0 saturated carbocycles. The third-order valence-electron chi connectivity index (χ3n) is 5.37. The zero-order valence-electron chi connectivity index (χ0n) is 16.1. The average molecular weight is 370 g/mol. The van der Waals surface area contributed by atoms with E-state index < -0.39 is 7.26 Å².